The summed E-state index contributed by atoms with van der Waals surface area (Å²) in [4.78, 5) is 24.6. The van der Waals surface area contributed by atoms with Gasteiger partial charge in [0.25, 0.3) is 5.91 Å². The maximum absolute atomic E-state index is 12.5. The van der Waals surface area contributed by atoms with Gasteiger partial charge < -0.3 is 14.6 Å². The summed E-state index contributed by atoms with van der Waals surface area (Å²) in [5.74, 6) is -0.662. The number of amides is 1. The fraction of sp³-hybridized carbons (Fsp3) is 0.125. The fourth-order valence-electron chi connectivity index (χ4n) is 2.77. The third kappa shape index (κ3) is 5.81. The molecule has 3 aromatic rings. The summed E-state index contributed by atoms with van der Waals surface area (Å²) in [6, 6.07) is 18.8. The van der Waals surface area contributed by atoms with Gasteiger partial charge in [-0.3, -0.25) is 4.79 Å². The monoisotopic (exact) mass is 496 g/mol. The Bertz CT molecular complexity index is 1130. The minimum Gasteiger partial charge on any atom is -0.493 e. The van der Waals surface area contributed by atoms with E-state index in [0.29, 0.717) is 26.9 Å². The van der Waals surface area contributed by atoms with Gasteiger partial charge in [-0.15, -0.1) is 0 Å². The maximum Gasteiger partial charge on any atom is 0.343 e. The summed E-state index contributed by atoms with van der Waals surface area (Å²) in [5.41, 5.74) is 4.77. The van der Waals surface area contributed by atoms with Crippen LogP contribution in [0, 0.1) is 6.92 Å². The number of methoxy groups -OCH3 is 1. The van der Waals surface area contributed by atoms with Crippen LogP contribution in [-0.4, -0.2) is 30.3 Å². The van der Waals surface area contributed by atoms with E-state index in [9.17, 15) is 14.7 Å². The minimum atomic E-state index is -1.34. The van der Waals surface area contributed by atoms with Gasteiger partial charge in [0.1, 0.15) is 0 Å². The van der Waals surface area contributed by atoms with Crippen molar-refractivity contribution in [3.63, 3.8) is 0 Å². The number of rotatable bonds is 7. The van der Waals surface area contributed by atoms with E-state index < -0.39 is 18.0 Å². The number of halogens is 1. The summed E-state index contributed by atoms with van der Waals surface area (Å²) in [7, 11) is 1.45. The van der Waals surface area contributed by atoms with Crippen molar-refractivity contribution < 1.29 is 24.2 Å². The second-order valence-corrected chi connectivity index (χ2v) is 7.69. The SMILES string of the molecule is COc1cc(C=NNC(=O)C(O)c2ccccc2)cc(Br)c1OC(=O)c1ccc(C)cc1. The van der Waals surface area contributed by atoms with Crippen LogP contribution >= 0.6 is 15.9 Å². The molecule has 0 saturated heterocycles. The highest BCUT2D eigenvalue weighted by Crippen LogP contribution is 2.36. The van der Waals surface area contributed by atoms with Gasteiger partial charge in [0.2, 0.25) is 0 Å². The number of carbonyl (C=O) groups is 2. The van der Waals surface area contributed by atoms with Crippen LogP contribution in [0.25, 0.3) is 0 Å². The third-order valence-electron chi connectivity index (χ3n) is 4.49. The lowest BCUT2D eigenvalue weighted by molar-refractivity contribution is -0.129. The summed E-state index contributed by atoms with van der Waals surface area (Å²) in [6.07, 6.45) is 0.0484. The van der Waals surface area contributed by atoms with Crippen LogP contribution in [0.15, 0.2) is 76.3 Å². The zero-order valence-corrected chi connectivity index (χ0v) is 19.0. The number of nitrogens with one attached hydrogen (secondary N) is 1. The molecule has 0 aliphatic carbocycles. The molecule has 0 spiro atoms. The van der Waals surface area contributed by atoms with Crippen molar-refractivity contribution in [2.45, 2.75) is 13.0 Å². The molecule has 0 saturated carbocycles. The lowest BCUT2D eigenvalue weighted by Crippen LogP contribution is -2.25. The van der Waals surface area contributed by atoms with Crippen LogP contribution in [0.5, 0.6) is 11.5 Å². The smallest absolute Gasteiger partial charge is 0.343 e. The fourth-order valence-corrected chi connectivity index (χ4v) is 3.31. The van der Waals surface area contributed by atoms with Crippen LogP contribution < -0.4 is 14.9 Å². The molecule has 164 valence electrons. The molecule has 0 aliphatic heterocycles. The summed E-state index contributed by atoms with van der Waals surface area (Å²) in [5, 5.41) is 14.0. The van der Waals surface area contributed by atoms with Gasteiger partial charge in [-0.2, -0.15) is 5.10 Å². The van der Waals surface area contributed by atoms with E-state index in [4.69, 9.17) is 9.47 Å². The van der Waals surface area contributed by atoms with E-state index in [-0.39, 0.29) is 5.75 Å². The number of benzene rings is 3. The molecule has 8 heteroatoms. The van der Waals surface area contributed by atoms with E-state index >= 15 is 0 Å². The van der Waals surface area contributed by atoms with E-state index in [0.717, 1.165) is 5.56 Å². The van der Waals surface area contributed by atoms with Crippen LogP contribution in [0.3, 0.4) is 0 Å². The maximum atomic E-state index is 12.5. The molecular weight excluding hydrogens is 476 g/mol. The first kappa shape index (κ1) is 23.2. The van der Waals surface area contributed by atoms with Crippen molar-refractivity contribution in [2.75, 3.05) is 7.11 Å². The van der Waals surface area contributed by atoms with Gasteiger partial charge in [-0.05, 0) is 58.2 Å². The quantitative estimate of drug-likeness (QED) is 0.221. The van der Waals surface area contributed by atoms with Crippen molar-refractivity contribution in [1.29, 1.82) is 0 Å². The molecule has 1 unspecified atom stereocenters. The van der Waals surface area contributed by atoms with E-state index in [2.05, 4.69) is 26.5 Å². The highest BCUT2D eigenvalue weighted by atomic mass is 79.9. The lowest BCUT2D eigenvalue weighted by Gasteiger charge is -2.12. The van der Waals surface area contributed by atoms with E-state index in [1.54, 1.807) is 54.6 Å². The average molecular weight is 497 g/mol. The molecular formula is C24H21BrN2O5. The molecule has 0 bridgehead atoms. The van der Waals surface area contributed by atoms with Crippen LogP contribution in [0.2, 0.25) is 0 Å². The predicted octanol–water partition coefficient (Wildman–Crippen LogP) is 4.17. The number of hydrazone groups is 1. The number of esters is 1. The first-order valence-corrected chi connectivity index (χ1v) is 10.4. The first-order valence-electron chi connectivity index (χ1n) is 9.61. The van der Waals surface area contributed by atoms with E-state index in [1.165, 1.54) is 13.3 Å². The molecule has 32 heavy (non-hydrogen) atoms. The molecule has 7 nitrogen and oxygen atoms in total. The standard InChI is InChI=1S/C24H21BrN2O5/c1-15-8-10-18(11-9-15)24(30)32-22-19(25)12-16(13-20(22)31-2)14-26-27-23(29)21(28)17-6-4-3-5-7-17/h3-14,21,28H,1-2H3,(H,27,29). The number of nitrogens with zero attached hydrogens (tertiary/aromatic N) is 1. The molecule has 0 aliphatic rings. The number of aliphatic hydroxyl groups is 1. The number of aryl methyl sites for hydroxylation is 1. The lowest BCUT2D eigenvalue weighted by atomic mass is 10.1. The topological polar surface area (TPSA) is 97.2 Å². The van der Waals surface area contributed by atoms with E-state index in [1.807, 2.05) is 19.1 Å². The molecule has 0 fully saturated rings. The Labute approximate surface area is 193 Å². The Kier molecular flexibility index (Phi) is 7.75. The normalized spacial score (nSPS) is 11.8. The molecule has 0 radical (unpaired) electrons. The number of aliphatic hydroxyl groups excluding tert-OH is 1. The van der Waals surface area contributed by atoms with Crippen LogP contribution in [0.4, 0.5) is 0 Å². The van der Waals surface area contributed by atoms with Gasteiger partial charge in [-0.25, -0.2) is 10.2 Å². The molecule has 2 N–H and O–H groups in total. The summed E-state index contributed by atoms with van der Waals surface area (Å²) < 4.78 is 11.3. The van der Waals surface area contributed by atoms with Gasteiger partial charge in [-0.1, -0.05) is 48.0 Å². The third-order valence-corrected chi connectivity index (χ3v) is 5.07. The van der Waals surface area contributed by atoms with Crippen LogP contribution in [0.1, 0.15) is 33.2 Å². The van der Waals surface area contributed by atoms with Gasteiger partial charge in [0.05, 0.1) is 23.4 Å². The van der Waals surface area contributed by atoms with Gasteiger partial charge in [0, 0.05) is 0 Å². The van der Waals surface area contributed by atoms with Crippen molar-refractivity contribution in [1.82, 2.24) is 5.43 Å². The highest BCUT2D eigenvalue weighted by molar-refractivity contribution is 9.10. The summed E-state index contributed by atoms with van der Waals surface area (Å²) in [6.45, 7) is 1.93. The number of carbonyl (C=O) groups excluding carboxylic acids is 2. The predicted molar refractivity (Wildman–Crippen MR) is 124 cm³/mol. The molecule has 1 amide bonds. The molecule has 1 atom stereocenters. The largest absolute Gasteiger partial charge is 0.493 e. The Morgan fingerprint density at radius 2 is 1.78 bits per heavy atom. The second kappa shape index (κ2) is 10.7. The first-order chi connectivity index (χ1) is 15.4. The number of hydrogen-bond donors (Lipinski definition) is 2. The van der Waals surface area contributed by atoms with Crippen molar-refractivity contribution in [3.8, 4) is 11.5 Å². The van der Waals surface area contributed by atoms with Crippen molar-refractivity contribution >= 4 is 34.0 Å². The van der Waals surface area contributed by atoms with Gasteiger partial charge in [0.15, 0.2) is 17.6 Å². The minimum absolute atomic E-state index is 0.221. The molecule has 3 rings (SSSR count). The Morgan fingerprint density at radius 1 is 1.09 bits per heavy atom. The zero-order chi connectivity index (χ0) is 23.1. The van der Waals surface area contributed by atoms with Crippen molar-refractivity contribution in [3.05, 3.63) is 93.5 Å². The Balaban J connectivity index is 1.71. The highest BCUT2D eigenvalue weighted by Gasteiger charge is 2.18. The van der Waals surface area contributed by atoms with Gasteiger partial charge >= 0.3 is 5.97 Å². The molecule has 0 aromatic heterocycles. The number of hydrogen-bond acceptors (Lipinski definition) is 6. The van der Waals surface area contributed by atoms with Crippen molar-refractivity contribution in [2.24, 2.45) is 5.10 Å². The average Bonchev–Trinajstić information content (AvgIpc) is 2.80. The second-order valence-electron chi connectivity index (χ2n) is 6.84. The Morgan fingerprint density at radius 3 is 2.44 bits per heavy atom. The zero-order valence-electron chi connectivity index (χ0n) is 17.4. The number of ether oxygens (including phenoxy) is 2. The molecule has 0 heterocycles. The summed E-state index contributed by atoms with van der Waals surface area (Å²) >= 11 is 3.38. The van der Waals surface area contributed by atoms with Crippen LogP contribution in [-0.2, 0) is 4.79 Å². The Hall–Kier alpha value is -3.49. The molecule has 3 aromatic carbocycles.